The molecular formula is C19H15N3O2S. The first-order valence-electron chi connectivity index (χ1n) is 7.93. The molecule has 0 aliphatic heterocycles. The molecule has 0 saturated carbocycles. The summed E-state index contributed by atoms with van der Waals surface area (Å²) in [5, 5.41) is 11.1. The van der Waals surface area contributed by atoms with Gasteiger partial charge in [-0.3, -0.25) is 4.79 Å². The Morgan fingerprint density at radius 3 is 2.80 bits per heavy atom. The molecule has 6 heteroatoms. The van der Waals surface area contributed by atoms with E-state index in [1.165, 1.54) is 0 Å². The van der Waals surface area contributed by atoms with E-state index >= 15 is 0 Å². The summed E-state index contributed by atoms with van der Waals surface area (Å²) >= 11 is 1.55. The molecule has 0 unspecified atom stereocenters. The summed E-state index contributed by atoms with van der Waals surface area (Å²) in [6.07, 6.45) is 0.705. The zero-order valence-electron chi connectivity index (χ0n) is 13.3. The van der Waals surface area contributed by atoms with Gasteiger partial charge in [0, 0.05) is 18.5 Å². The topological polar surface area (TPSA) is 68.0 Å². The van der Waals surface area contributed by atoms with Gasteiger partial charge in [0.25, 0.3) is 0 Å². The van der Waals surface area contributed by atoms with Gasteiger partial charge in [0.2, 0.25) is 17.6 Å². The SMILES string of the molecule is O=C(CCc1nc(-c2cccs2)no1)Nc1ccc2ccccc2c1. The smallest absolute Gasteiger partial charge is 0.227 e. The van der Waals surface area contributed by atoms with Crippen molar-refractivity contribution in [2.24, 2.45) is 0 Å². The van der Waals surface area contributed by atoms with Crippen LogP contribution in [-0.2, 0) is 11.2 Å². The Bertz CT molecular complexity index is 1010. The minimum absolute atomic E-state index is 0.0776. The highest BCUT2D eigenvalue weighted by molar-refractivity contribution is 7.13. The molecule has 2 aromatic heterocycles. The lowest BCUT2D eigenvalue weighted by molar-refractivity contribution is -0.116. The van der Waals surface area contributed by atoms with Crippen LogP contribution >= 0.6 is 11.3 Å². The number of anilines is 1. The first-order valence-corrected chi connectivity index (χ1v) is 8.81. The third-order valence-corrected chi connectivity index (χ3v) is 4.67. The first-order chi connectivity index (χ1) is 12.3. The molecule has 0 fully saturated rings. The maximum Gasteiger partial charge on any atom is 0.227 e. The highest BCUT2D eigenvalue weighted by Crippen LogP contribution is 2.22. The number of nitrogens with one attached hydrogen (secondary N) is 1. The van der Waals surface area contributed by atoms with Crippen LogP contribution in [0, 0.1) is 0 Å². The molecule has 1 N–H and O–H groups in total. The number of carbonyl (C=O) groups is 1. The van der Waals surface area contributed by atoms with Gasteiger partial charge in [-0.25, -0.2) is 0 Å². The van der Waals surface area contributed by atoms with Crippen molar-refractivity contribution >= 4 is 33.7 Å². The van der Waals surface area contributed by atoms with Gasteiger partial charge in [0.05, 0.1) is 4.88 Å². The molecule has 0 saturated heterocycles. The van der Waals surface area contributed by atoms with Crippen LogP contribution in [0.4, 0.5) is 5.69 Å². The van der Waals surface area contributed by atoms with Gasteiger partial charge in [0.1, 0.15) is 0 Å². The number of aromatic nitrogens is 2. The molecule has 2 heterocycles. The molecule has 0 aliphatic carbocycles. The average Bonchev–Trinajstić information content (AvgIpc) is 3.31. The van der Waals surface area contributed by atoms with Gasteiger partial charge in [-0.1, -0.05) is 41.6 Å². The Balaban J connectivity index is 1.37. The van der Waals surface area contributed by atoms with Crippen LogP contribution in [0.1, 0.15) is 12.3 Å². The van der Waals surface area contributed by atoms with E-state index < -0.39 is 0 Å². The lowest BCUT2D eigenvalue weighted by Crippen LogP contribution is -2.12. The fourth-order valence-electron chi connectivity index (χ4n) is 2.57. The van der Waals surface area contributed by atoms with Crippen LogP contribution < -0.4 is 5.32 Å². The van der Waals surface area contributed by atoms with Gasteiger partial charge in [-0.15, -0.1) is 11.3 Å². The summed E-state index contributed by atoms with van der Waals surface area (Å²) < 4.78 is 5.21. The molecule has 0 spiro atoms. The normalized spacial score (nSPS) is 10.9. The minimum atomic E-state index is -0.0776. The summed E-state index contributed by atoms with van der Waals surface area (Å²) in [5.41, 5.74) is 0.786. The van der Waals surface area contributed by atoms with Crippen LogP contribution in [0.3, 0.4) is 0 Å². The van der Waals surface area contributed by atoms with Crippen LogP contribution in [-0.4, -0.2) is 16.0 Å². The van der Waals surface area contributed by atoms with Crippen molar-refractivity contribution in [1.82, 2.24) is 10.1 Å². The molecule has 25 heavy (non-hydrogen) atoms. The zero-order chi connectivity index (χ0) is 17.1. The van der Waals surface area contributed by atoms with Crippen molar-refractivity contribution < 1.29 is 9.32 Å². The third-order valence-electron chi connectivity index (χ3n) is 3.81. The van der Waals surface area contributed by atoms with Gasteiger partial charge in [-0.05, 0) is 34.4 Å². The fourth-order valence-corrected chi connectivity index (χ4v) is 3.22. The average molecular weight is 349 g/mol. The van der Waals surface area contributed by atoms with Gasteiger partial charge >= 0.3 is 0 Å². The summed E-state index contributed by atoms with van der Waals surface area (Å²) in [6, 6.07) is 17.8. The second-order valence-electron chi connectivity index (χ2n) is 5.60. The molecule has 4 aromatic rings. The number of fused-ring (bicyclic) bond motifs is 1. The van der Waals surface area contributed by atoms with Crippen molar-refractivity contribution in [3.8, 4) is 10.7 Å². The maximum atomic E-state index is 12.2. The van der Waals surface area contributed by atoms with Gasteiger partial charge < -0.3 is 9.84 Å². The van der Waals surface area contributed by atoms with Crippen molar-refractivity contribution in [2.45, 2.75) is 12.8 Å². The van der Waals surface area contributed by atoms with Crippen molar-refractivity contribution in [3.05, 3.63) is 65.9 Å². The van der Waals surface area contributed by atoms with Crippen molar-refractivity contribution in [1.29, 1.82) is 0 Å². The van der Waals surface area contributed by atoms with E-state index in [9.17, 15) is 4.79 Å². The molecule has 0 atom stereocenters. The van der Waals surface area contributed by atoms with Gasteiger partial charge in [-0.2, -0.15) is 4.98 Å². The van der Waals surface area contributed by atoms with Crippen LogP contribution in [0.15, 0.2) is 64.5 Å². The molecule has 5 nitrogen and oxygen atoms in total. The number of aryl methyl sites for hydroxylation is 1. The summed E-state index contributed by atoms with van der Waals surface area (Å²) in [6.45, 7) is 0. The maximum absolute atomic E-state index is 12.2. The lowest BCUT2D eigenvalue weighted by Gasteiger charge is -2.05. The number of rotatable bonds is 5. The number of nitrogens with zero attached hydrogens (tertiary/aromatic N) is 2. The lowest BCUT2D eigenvalue weighted by atomic mass is 10.1. The molecule has 1 amide bonds. The van der Waals surface area contributed by atoms with Crippen LogP contribution in [0.25, 0.3) is 21.5 Å². The highest BCUT2D eigenvalue weighted by Gasteiger charge is 2.11. The third kappa shape index (κ3) is 3.59. The van der Waals surface area contributed by atoms with Gasteiger partial charge in [0.15, 0.2) is 0 Å². The first kappa shape index (κ1) is 15.5. The Hall–Kier alpha value is -2.99. The molecule has 0 aliphatic rings. The standard InChI is InChI=1S/C19H15N3O2S/c23-17(20-15-8-7-13-4-1-2-5-14(13)12-15)9-10-18-21-19(22-24-18)16-6-3-11-25-16/h1-8,11-12H,9-10H2,(H,20,23). The fraction of sp³-hybridized carbons (Fsp3) is 0.105. The molecule has 4 rings (SSSR count). The van der Waals surface area contributed by atoms with E-state index in [2.05, 4.69) is 15.5 Å². The summed E-state index contributed by atoms with van der Waals surface area (Å²) in [5.74, 6) is 0.961. The number of hydrogen-bond acceptors (Lipinski definition) is 5. The Morgan fingerprint density at radius 1 is 1.08 bits per heavy atom. The van der Waals surface area contributed by atoms with E-state index in [4.69, 9.17) is 4.52 Å². The van der Waals surface area contributed by atoms with Crippen LogP contribution in [0.2, 0.25) is 0 Å². The number of carbonyl (C=O) groups excluding carboxylic acids is 1. The van der Waals surface area contributed by atoms with Crippen molar-refractivity contribution in [2.75, 3.05) is 5.32 Å². The molecule has 124 valence electrons. The largest absolute Gasteiger partial charge is 0.339 e. The van der Waals surface area contributed by atoms with Crippen LogP contribution in [0.5, 0.6) is 0 Å². The second-order valence-corrected chi connectivity index (χ2v) is 6.55. The molecular weight excluding hydrogens is 334 g/mol. The van der Waals surface area contributed by atoms with Crippen molar-refractivity contribution in [3.63, 3.8) is 0 Å². The summed E-state index contributed by atoms with van der Waals surface area (Å²) in [4.78, 5) is 17.4. The van der Waals surface area contributed by atoms with E-state index in [1.807, 2.05) is 60.0 Å². The molecule has 0 radical (unpaired) electrons. The van der Waals surface area contributed by atoms with E-state index in [0.717, 1.165) is 21.3 Å². The van der Waals surface area contributed by atoms with E-state index in [1.54, 1.807) is 11.3 Å². The minimum Gasteiger partial charge on any atom is -0.339 e. The Labute approximate surface area is 148 Å². The number of benzene rings is 2. The quantitative estimate of drug-likeness (QED) is 0.575. The Morgan fingerprint density at radius 2 is 1.96 bits per heavy atom. The van der Waals surface area contributed by atoms with E-state index in [-0.39, 0.29) is 5.91 Å². The molecule has 0 bridgehead atoms. The summed E-state index contributed by atoms with van der Waals surface area (Å²) in [7, 11) is 0. The number of amides is 1. The number of hydrogen-bond donors (Lipinski definition) is 1. The monoisotopic (exact) mass is 349 g/mol. The predicted octanol–water partition coefficient (Wildman–Crippen LogP) is 4.52. The zero-order valence-corrected chi connectivity index (χ0v) is 14.1. The highest BCUT2D eigenvalue weighted by atomic mass is 32.1. The predicted molar refractivity (Wildman–Crippen MR) is 98.5 cm³/mol. The number of thiophene rings is 1. The van der Waals surface area contributed by atoms with E-state index in [0.29, 0.717) is 24.6 Å². The second kappa shape index (κ2) is 6.86. The molecule has 2 aromatic carbocycles. The Kier molecular flexibility index (Phi) is 4.26.